The fraction of sp³-hybridized carbons (Fsp3) is 0.222. The van der Waals surface area contributed by atoms with Gasteiger partial charge >= 0.3 is 0 Å². The fourth-order valence-electron chi connectivity index (χ4n) is 2.51. The van der Waals surface area contributed by atoms with Gasteiger partial charge in [0, 0.05) is 42.0 Å². The summed E-state index contributed by atoms with van der Waals surface area (Å²) >= 11 is 0. The zero-order valence-electron chi connectivity index (χ0n) is 12.3. The summed E-state index contributed by atoms with van der Waals surface area (Å²) in [5.41, 5.74) is 2.95. The van der Waals surface area contributed by atoms with Crippen molar-refractivity contribution < 1.29 is 4.79 Å². The van der Waals surface area contributed by atoms with Crippen LogP contribution in [0.3, 0.4) is 0 Å². The van der Waals surface area contributed by atoms with Crippen LogP contribution in [0.1, 0.15) is 29.8 Å². The van der Waals surface area contributed by atoms with Crippen LogP contribution in [-0.4, -0.2) is 15.3 Å². The third-order valence-electron chi connectivity index (χ3n) is 3.63. The van der Waals surface area contributed by atoms with Crippen LogP contribution in [0.2, 0.25) is 0 Å². The van der Waals surface area contributed by atoms with Gasteiger partial charge in [-0.2, -0.15) is 0 Å². The summed E-state index contributed by atoms with van der Waals surface area (Å²) in [4.78, 5) is 16.5. The number of para-hydroxylation sites is 1. The number of hydrogen-bond acceptors (Lipinski definition) is 2. The Bertz CT molecular complexity index is 781. The predicted molar refractivity (Wildman–Crippen MR) is 84.4 cm³/mol. The topological polar surface area (TPSA) is 34.9 Å². The molecular formula is C18H18N2O. The molecule has 0 saturated heterocycles. The van der Waals surface area contributed by atoms with Crippen LogP contribution in [0.25, 0.3) is 10.9 Å². The van der Waals surface area contributed by atoms with E-state index in [-0.39, 0.29) is 11.7 Å². The number of Topliss-reactive ketones (excluding diaryl/α,β-unsaturated/α-hetero) is 1. The number of aromatic nitrogens is 2. The Kier molecular flexibility index (Phi) is 3.57. The summed E-state index contributed by atoms with van der Waals surface area (Å²) in [5, 5.41) is 1.14. The van der Waals surface area contributed by atoms with Gasteiger partial charge in [0.15, 0.2) is 5.78 Å². The van der Waals surface area contributed by atoms with Gasteiger partial charge in [0.05, 0.1) is 5.52 Å². The highest BCUT2D eigenvalue weighted by atomic mass is 16.1. The molecule has 0 saturated carbocycles. The van der Waals surface area contributed by atoms with E-state index in [4.69, 9.17) is 0 Å². The van der Waals surface area contributed by atoms with E-state index in [0.717, 1.165) is 28.6 Å². The maximum Gasteiger partial charge on any atom is 0.166 e. The largest absolute Gasteiger partial charge is 0.349 e. The molecule has 0 aliphatic carbocycles. The van der Waals surface area contributed by atoms with E-state index >= 15 is 0 Å². The Morgan fingerprint density at radius 3 is 2.81 bits per heavy atom. The van der Waals surface area contributed by atoms with Crippen LogP contribution in [0.4, 0.5) is 0 Å². The highest BCUT2D eigenvalue weighted by Gasteiger charge is 2.12. The highest BCUT2D eigenvalue weighted by Crippen LogP contribution is 2.18. The molecule has 0 bridgehead atoms. The summed E-state index contributed by atoms with van der Waals surface area (Å²) in [7, 11) is 0. The average molecular weight is 278 g/mol. The minimum Gasteiger partial charge on any atom is -0.349 e. The highest BCUT2D eigenvalue weighted by molar-refractivity contribution is 5.97. The zero-order valence-corrected chi connectivity index (χ0v) is 12.3. The molecule has 0 radical (unpaired) electrons. The van der Waals surface area contributed by atoms with E-state index in [1.54, 1.807) is 0 Å². The molecule has 3 nitrogen and oxygen atoms in total. The van der Waals surface area contributed by atoms with Gasteiger partial charge in [0.25, 0.3) is 0 Å². The van der Waals surface area contributed by atoms with Gasteiger partial charge in [0.2, 0.25) is 0 Å². The molecule has 3 heteroatoms. The number of hydrogen-bond donors (Lipinski definition) is 0. The van der Waals surface area contributed by atoms with E-state index in [1.807, 2.05) is 55.2 Å². The first-order valence-electron chi connectivity index (χ1n) is 7.18. The van der Waals surface area contributed by atoms with E-state index in [2.05, 4.69) is 23.2 Å². The van der Waals surface area contributed by atoms with Crippen LogP contribution in [-0.2, 0) is 6.54 Å². The Morgan fingerprint density at radius 2 is 2.00 bits per heavy atom. The maximum absolute atomic E-state index is 12.0. The average Bonchev–Trinajstić information content (AvgIpc) is 2.95. The Hall–Kier alpha value is -2.42. The van der Waals surface area contributed by atoms with Crippen molar-refractivity contribution in [2.45, 2.75) is 20.4 Å². The molecule has 0 unspecified atom stereocenters. The van der Waals surface area contributed by atoms with Gasteiger partial charge in [-0.1, -0.05) is 38.1 Å². The molecule has 0 N–H and O–H groups in total. The van der Waals surface area contributed by atoms with Gasteiger partial charge < -0.3 is 4.57 Å². The van der Waals surface area contributed by atoms with E-state index < -0.39 is 0 Å². The lowest BCUT2D eigenvalue weighted by Gasteiger charge is -2.07. The van der Waals surface area contributed by atoms with Crippen molar-refractivity contribution in [3.05, 3.63) is 66.1 Å². The number of benzene rings is 1. The number of nitrogens with zero attached hydrogens (tertiary/aromatic N) is 2. The molecule has 106 valence electrons. The van der Waals surface area contributed by atoms with Crippen LogP contribution in [0, 0.1) is 5.92 Å². The van der Waals surface area contributed by atoms with Crippen LogP contribution in [0.5, 0.6) is 0 Å². The number of carbonyl (C=O) groups excluding carboxylic acids is 1. The van der Waals surface area contributed by atoms with Gasteiger partial charge in [-0.15, -0.1) is 0 Å². The van der Waals surface area contributed by atoms with Crippen LogP contribution in [0.15, 0.2) is 55.0 Å². The van der Waals surface area contributed by atoms with Crippen molar-refractivity contribution >= 4 is 16.7 Å². The monoisotopic (exact) mass is 278 g/mol. The minimum atomic E-state index is 0.0278. The molecule has 0 amide bonds. The van der Waals surface area contributed by atoms with Gasteiger partial charge in [-0.3, -0.25) is 9.78 Å². The predicted octanol–water partition coefficient (Wildman–Crippen LogP) is 3.92. The van der Waals surface area contributed by atoms with Gasteiger partial charge in [-0.25, -0.2) is 0 Å². The van der Waals surface area contributed by atoms with Gasteiger partial charge in [0.1, 0.15) is 0 Å². The first kappa shape index (κ1) is 13.6. The second-order valence-corrected chi connectivity index (χ2v) is 5.58. The maximum atomic E-state index is 12.0. The number of rotatable bonds is 4. The second-order valence-electron chi connectivity index (χ2n) is 5.58. The molecular weight excluding hydrogens is 260 g/mol. The summed E-state index contributed by atoms with van der Waals surface area (Å²) in [6.45, 7) is 4.57. The SMILES string of the molecule is CC(C)C(=O)c1ccn(Cc2cccc3cccnc23)c1. The van der Waals surface area contributed by atoms with Crippen molar-refractivity contribution in [3.8, 4) is 0 Å². The van der Waals surface area contributed by atoms with Crippen molar-refractivity contribution in [2.24, 2.45) is 5.92 Å². The standard InChI is InChI=1S/C18H18N2O/c1-13(2)18(21)16-8-10-20(12-16)11-15-6-3-5-14-7-4-9-19-17(14)15/h3-10,12-13H,11H2,1-2H3. The molecule has 2 heterocycles. The molecule has 0 fully saturated rings. The molecule has 0 aliphatic heterocycles. The molecule has 1 aromatic carbocycles. The van der Waals surface area contributed by atoms with Crippen molar-refractivity contribution in [3.63, 3.8) is 0 Å². The van der Waals surface area contributed by atoms with Gasteiger partial charge in [-0.05, 0) is 17.7 Å². The number of carbonyl (C=O) groups is 1. The molecule has 21 heavy (non-hydrogen) atoms. The minimum absolute atomic E-state index is 0.0278. The van der Waals surface area contributed by atoms with E-state index in [1.165, 1.54) is 0 Å². The molecule has 0 spiro atoms. The third kappa shape index (κ3) is 2.72. The molecule has 3 aromatic rings. The van der Waals surface area contributed by atoms with E-state index in [9.17, 15) is 4.79 Å². The lowest BCUT2D eigenvalue weighted by Crippen LogP contribution is -2.06. The normalized spacial score (nSPS) is 11.2. The first-order chi connectivity index (χ1) is 10.1. The van der Waals surface area contributed by atoms with Crippen molar-refractivity contribution in [1.29, 1.82) is 0 Å². The second kappa shape index (κ2) is 5.52. The third-order valence-corrected chi connectivity index (χ3v) is 3.63. The number of pyridine rings is 1. The summed E-state index contributed by atoms with van der Waals surface area (Å²) < 4.78 is 2.04. The number of fused-ring (bicyclic) bond motifs is 1. The summed E-state index contributed by atoms with van der Waals surface area (Å²) in [5.74, 6) is 0.213. The molecule has 0 aliphatic rings. The Morgan fingerprint density at radius 1 is 1.19 bits per heavy atom. The van der Waals surface area contributed by atoms with Crippen molar-refractivity contribution in [2.75, 3.05) is 0 Å². The summed E-state index contributed by atoms with van der Waals surface area (Å²) in [6, 6.07) is 12.1. The lowest BCUT2D eigenvalue weighted by atomic mass is 10.0. The molecule has 2 aromatic heterocycles. The Balaban J connectivity index is 1.91. The lowest BCUT2D eigenvalue weighted by molar-refractivity contribution is 0.0939. The quantitative estimate of drug-likeness (QED) is 0.678. The Labute approximate surface area is 124 Å². The number of ketones is 1. The van der Waals surface area contributed by atoms with Crippen molar-refractivity contribution in [1.82, 2.24) is 9.55 Å². The van der Waals surface area contributed by atoms with Crippen LogP contribution < -0.4 is 0 Å². The van der Waals surface area contributed by atoms with E-state index in [0.29, 0.717) is 0 Å². The fourth-order valence-corrected chi connectivity index (χ4v) is 2.51. The smallest absolute Gasteiger partial charge is 0.166 e. The molecule has 0 atom stereocenters. The first-order valence-corrected chi connectivity index (χ1v) is 7.18. The molecule has 3 rings (SSSR count). The summed E-state index contributed by atoms with van der Waals surface area (Å²) in [6.07, 6.45) is 5.69. The van der Waals surface area contributed by atoms with Crippen LogP contribution >= 0.6 is 0 Å². The zero-order chi connectivity index (χ0) is 14.8.